The van der Waals surface area contributed by atoms with Crippen LogP contribution in [0.25, 0.3) is 0 Å². The molecule has 0 radical (unpaired) electrons. The Kier molecular flexibility index (Phi) is 5.18. The van der Waals surface area contributed by atoms with E-state index in [4.69, 9.17) is 5.11 Å². The van der Waals surface area contributed by atoms with Gasteiger partial charge in [-0.3, -0.25) is 4.90 Å². The van der Waals surface area contributed by atoms with E-state index in [2.05, 4.69) is 12.2 Å². The van der Waals surface area contributed by atoms with Gasteiger partial charge in [0.05, 0.1) is 5.37 Å². The van der Waals surface area contributed by atoms with Crippen molar-refractivity contribution < 1.29 is 14.7 Å². The highest BCUT2D eigenvalue weighted by Crippen LogP contribution is 2.30. The van der Waals surface area contributed by atoms with Gasteiger partial charge in [-0.15, -0.1) is 11.8 Å². The lowest BCUT2D eigenvalue weighted by Gasteiger charge is -2.29. The van der Waals surface area contributed by atoms with Crippen molar-refractivity contribution in [1.82, 2.24) is 10.2 Å². The highest BCUT2D eigenvalue weighted by molar-refractivity contribution is 8.00. The molecular formula is C14H24N2O3S. The number of carbonyl (C=O) groups excluding carboxylic acids is 1. The molecule has 5 nitrogen and oxygen atoms in total. The third kappa shape index (κ3) is 3.59. The molecule has 0 aromatic heterocycles. The van der Waals surface area contributed by atoms with Crippen LogP contribution in [-0.2, 0) is 4.79 Å². The molecule has 2 rings (SSSR count). The number of thioether (sulfide) groups is 1. The molecule has 1 aliphatic carbocycles. The number of hydrogen-bond donors (Lipinski definition) is 2. The molecule has 1 saturated carbocycles. The van der Waals surface area contributed by atoms with Gasteiger partial charge in [0.15, 0.2) is 0 Å². The Hall–Kier alpha value is -0.910. The minimum absolute atomic E-state index is 0.0682. The Morgan fingerprint density at radius 3 is 2.75 bits per heavy atom. The summed E-state index contributed by atoms with van der Waals surface area (Å²) in [6.45, 7) is 4.81. The van der Waals surface area contributed by atoms with E-state index in [1.165, 1.54) is 29.5 Å². The fraction of sp³-hybridized carbons (Fsp3) is 0.857. The third-order valence-corrected chi connectivity index (χ3v) is 5.55. The first-order chi connectivity index (χ1) is 9.49. The van der Waals surface area contributed by atoms with Crippen molar-refractivity contribution in [3.05, 3.63) is 0 Å². The van der Waals surface area contributed by atoms with Crippen molar-refractivity contribution in [1.29, 1.82) is 0 Å². The summed E-state index contributed by atoms with van der Waals surface area (Å²) >= 11 is 1.52. The van der Waals surface area contributed by atoms with Gasteiger partial charge in [-0.2, -0.15) is 0 Å². The zero-order valence-corrected chi connectivity index (χ0v) is 13.0. The zero-order valence-electron chi connectivity index (χ0n) is 12.2. The number of carbonyl (C=O) groups is 2. The van der Waals surface area contributed by atoms with E-state index in [-0.39, 0.29) is 11.4 Å². The third-order valence-electron chi connectivity index (χ3n) is 4.33. The van der Waals surface area contributed by atoms with Crippen LogP contribution in [0.2, 0.25) is 0 Å². The SMILES string of the molecule is CC1CCCC(CNC(=O)N2C(C)SCC2C(=O)O)C1. The lowest BCUT2D eigenvalue weighted by Crippen LogP contribution is -2.50. The number of carboxylic acids is 1. The van der Waals surface area contributed by atoms with Crippen molar-refractivity contribution in [2.75, 3.05) is 12.3 Å². The van der Waals surface area contributed by atoms with E-state index < -0.39 is 12.0 Å². The number of urea groups is 1. The van der Waals surface area contributed by atoms with Crippen LogP contribution in [0.5, 0.6) is 0 Å². The van der Waals surface area contributed by atoms with E-state index in [0.717, 1.165) is 18.8 Å². The van der Waals surface area contributed by atoms with Gasteiger partial charge in [-0.05, 0) is 31.6 Å². The zero-order chi connectivity index (χ0) is 14.7. The Morgan fingerprint density at radius 1 is 1.35 bits per heavy atom. The van der Waals surface area contributed by atoms with Gasteiger partial charge in [0.2, 0.25) is 0 Å². The molecule has 1 saturated heterocycles. The van der Waals surface area contributed by atoms with Gasteiger partial charge in [-0.25, -0.2) is 9.59 Å². The lowest BCUT2D eigenvalue weighted by atomic mass is 9.82. The van der Waals surface area contributed by atoms with Gasteiger partial charge in [0.1, 0.15) is 6.04 Å². The first-order valence-corrected chi connectivity index (χ1v) is 8.44. The average molecular weight is 300 g/mol. The Bertz CT molecular complexity index is 377. The summed E-state index contributed by atoms with van der Waals surface area (Å²) in [5.41, 5.74) is 0. The molecule has 4 atom stereocenters. The minimum atomic E-state index is -0.914. The summed E-state index contributed by atoms with van der Waals surface area (Å²) in [4.78, 5) is 24.9. The van der Waals surface area contributed by atoms with Gasteiger partial charge in [0.25, 0.3) is 0 Å². The molecule has 0 bridgehead atoms. The highest BCUT2D eigenvalue weighted by Gasteiger charge is 2.39. The summed E-state index contributed by atoms with van der Waals surface area (Å²) in [5, 5.41) is 12.0. The monoisotopic (exact) mass is 300 g/mol. The van der Waals surface area contributed by atoms with Crippen LogP contribution in [-0.4, -0.2) is 45.7 Å². The van der Waals surface area contributed by atoms with Gasteiger partial charge < -0.3 is 10.4 Å². The molecule has 1 aliphatic heterocycles. The van der Waals surface area contributed by atoms with Gasteiger partial charge in [-0.1, -0.05) is 19.8 Å². The number of nitrogens with one attached hydrogen (secondary N) is 1. The molecule has 6 heteroatoms. The van der Waals surface area contributed by atoms with Crippen molar-refractivity contribution >= 4 is 23.8 Å². The molecule has 20 heavy (non-hydrogen) atoms. The Labute approximate surface area is 124 Å². The second kappa shape index (κ2) is 6.70. The molecule has 2 fully saturated rings. The molecule has 2 N–H and O–H groups in total. The molecule has 4 unspecified atom stereocenters. The molecule has 2 aliphatic rings. The summed E-state index contributed by atoms with van der Waals surface area (Å²) in [7, 11) is 0. The molecular weight excluding hydrogens is 276 g/mol. The number of nitrogens with zero attached hydrogens (tertiary/aromatic N) is 1. The van der Waals surface area contributed by atoms with Crippen LogP contribution in [0, 0.1) is 11.8 Å². The molecule has 1 heterocycles. The predicted molar refractivity (Wildman–Crippen MR) is 79.7 cm³/mol. The van der Waals surface area contributed by atoms with Crippen LogP contribution in [0.1, 0.15) is 39.5 Å². The maximum absolute atomic E-state index is 12.2. The Balaban J connectivity index is 1.85. The number of amides is 2. The van der Waals surface area contributed by atoms with E-state index >= 15 is 0 Å². The summed E-state index contributed by atoms with van der Waals surface area (Å²) < 4.78 is 0. The molecule has 2 amide bonds. The van der Waals surface area contributed by atoms with E-state index in [1.54, 1.807) is 0 Å². The average Bonchev–Trinajstić information content (AvgIpc) is 2.78. The van der Waals surface area contributed by atoms with Gasteiger partial charge in [0, 0.05) is 12.3 Å². The van der Waals surface area contributed by atoms with Crippen LogP contribution in [0.3, 0.4) is 0 Å². The minimum Gasteiger partial charge on any atom is -0.480 e. The second-order valence-corrected chi connectivity index (χ2v) is 7.37. The standard InChI is InChI=1S/C14H24N2O3S/c1-9-4-3-5-11(6-9)7-15-14(19)16-10(2)20-8-12(16)13(17)18/h9-12H,3-8H2,1-2H3,(H,15,19)(H,17,18). The first-order valence-electron chi connectivity index (χ1n) is 7.39. The molecule has 114 valence electrons. The maximum Gasteiger partial charge on any atom is 0.327 e. The number of aliphatic carboxylic acids is 1. The predicted octanol–water partition coefficient (Wildman–Crippen LogP) is 2.37. The smallest absolute Gasteiger partial charge is 0.327 e. The van der Waals surface area contributed by atoms with Crippen LogP contribution in [0.4, 0.5) is 4.79 Å². The van der Waals surface area contributed by atoms with Crippen molar-refractivity contribution in [3.8, 4) is 0 Å². The highest BCUT2D eigenvalue weighted by atomic mass is 32.2. The quantitative estimate of drug-likeness (QED) is 0.839. The number of hydrogen-bond acceptors (Lipinski definition) is 3. The normalized spacial score (nSPS) is 34.0. The summed E-state index contributed by atoms with van der Waals surface area (Å²) in [6.07, 6.45) is 4.84. The van der Waals surface area contributed by atoms with Crippen LogP contribution in [0.15, 0.2) is 0 Å². The first kappa shape index (κ1) is 15.5. The lowest BCUT2D eigenvalue weighted by molar-refractivity contribution is -0.141. The molecule has 0 spiro atoms. The van der Waals surface area contributed by atoms with Crippen LogP contribution < -0.4 is 5.32 Å². The van der Waals surface area contributed by atoms with Crippen molar-refractivity contribution in [2.24, 2.45) is 11.8 Å². The van der Waals surface area contributed by atoms with E-state index in [0.29, 0.717) is 18.2 Å². The van der Waals surface area contributed by atoms with Gasteiger partial charge >= 0.3 is 12.0 Å². The topological polar surface area (TPSA) is 69.6 Å². The van der Waals surface area contributed by atoms with Crippen molar-refractivity contribution in [3.63, 3.8) is 0 Å². The van der Waals surface area contributed by atoms with E-state index in [1.807, 2.05) is 6.92 Å². The second-order valence-electron chi connectivity index (χ2n) is 6.02. The Morgan fingerprint density at radius 2 is 2.10 bits per heavy atom. The fourth-order valence-electron chi connectivity index (χ4n) is 3.21. The van der Waals surface area contributed by atoms with Crippen molar-refractivity contribution in [2.45, 2.75) is 50.9 Å². The van der Waals surface area contributed by atoms with Crippen LogP contribution >= 0.6 is 11.8 Å². The molecule has 0 aromatic carbocycles. The number of rotatable bonds is 3. The molecule has 0 aromatic rings. The number of carboxylic acid groups (broad SMARTS) is 1. The summed E-state index contributed by atoms with van der Waals surface area (Å²) in [6, 6.07) is -0.923. The summed E-state index contributed by atoms with van der Waals surface area (Å²) in [5.74, 6) is 0.836. The van der Waals surface area contributed by atoms with E-state index in [9.17, 15) is 9.59 Å². The fourth-order valence-corrected chi connectivity index (χ4v) is 4.38. The maximum atomic E-state index is 12.2. The largest absolute Gasteiger partial charge is 0.480 e.